The second kappa shape index (κ2) is 9.62. The maximum Gasteiger partial charge on any atom is 0.111 e. The van der Waals surface area contributed by atoms with Crippen LogP contribution in [0.5, 0.6) is 0 Å². The van der Waals surface area contributed by atoms with Gasteiger partial charge >= 0.3 is 0 Å². The molecule has 0 aliphatic rings. The van der Waals surface area contributed by atoms with E-state index in [-0.39, 0.29) is 5.75 Å². The second-order valence-electron chi connectivity index (χ2n) is 7.26. The van der Waals surface area contributed by atoms with E-state index in [2.05, 4.69) is 66.5 Å². The van der Waals surface area contributed by atoms with Gasteiger partial charge in [0.1, 0.15) is 6.16 Å². The SMILES string of the molecule is Cc1cccnc1C[P+](CCCCS(=O)(=O)[O-])(c1ccccc1)c1ccccc1. The molecule has 0 saturated heterocycles. The first kappa shape index (κ1) is 21.6. The molecule has 0 saturated carbocycles. The quantitative estimate of drug-likeness (QED) is 0.295. The monoisotopic (exact) mass is 427 g/mol. The number of benzene rings is 2. The molecule has 4 nitrogen and oxygen atoms in total. The summed E-state index contributed by atoms with van der Waals surface area (Å²) < 4.78 is 33.2. The molecule has 0 aliphatic carbocycles. The summed E-state index contributed by atoms with van der Waals surface area (Å²) in [5.41, 5.74) is 2.23. The summed E-state index contributed by atoms with van der Waals surface area (Å²) in [7, 11) is -6.08. The Morgan fingerprint density at radius 3 is 1.97 bits per heavy atom. The van der Waals surface area contributed by atoms with Gasteiger partial charge in [0.05, 0.1) is 39.8 Å². The van der Waals surface area contributed by atoms with Crippen LogP contribution in [0, 0.1) is 6.92 Å². The zero-order valence-electron chi connectivity index (χ0n) is 16.6. The van der Waals surface area contributed by atoms with Crippen molar-refractivity contribution in [3.8, 4) is 0 Å². The van der Waals surface area contributed by atoms with Crippen molar-refractivity contribution in [3.63, 3.8) is 0 Å². The van der Waals surface area contributed by atoms with E-state index in [1.165, 1.54) is 10.6 Å². The minimum atomic E-state index is -4.19. The van der Waals surface area contributed by atoms with E-state index in [4.69, 9.17) is 0 Å². The lowest BCUT2D eigenvalue weighted by Crippen LogP contribution is -2.27. The van der Waals surface area contributed by atoms with Crippen LogP contribution in [-0.4, -0.2) is 29.9 Å². The standard InChI is InChI=1S/C23H26NO3PS/c1-20-11-10-16-24-23(20)19-28(21-12-4-2-5-13-21,22-14-6-3-7-15-22)17-8-9-18-29(25,26)27/h2-7,10-16H,8-9,17-19H2,1H3. The molecule has 6 heteroatoms. The fraction of sp³-hybridized carbons (Fsp3) is 0.261. The van der Waals surface area contributed by atoms with Crippen LogP contribution in [0.3, 0.4) is 0 Å². The minimum absolute atomic E-state index is 0.306. The number of unbranched alkanes of at least 4 members (excludes halogenated alkanes) is 1. The summed E-state index contributed by atoms with van der Waals surface area (Å²) in [6.07, 6.45) is 4.56. The highest BCUT2D eigenvalue weighted by atomic mass is 32.2. The average Bonchev–Trinajstić information content (AvgIpc) is 2.72. The molecule has 0 atom stereocenters. The van der Waals surface area contributed by atoms with Gasteiger partial charge in [-0.1, -0.05) is 42.5 Å². The Bertz CT molecular complexity index is 985. The van der Waals surface area contributed by atoms with Crippen molar-refractivity contribution in [3.05, 3.63) is 90.3 Å². The van der Waals surface area contributed by atoms with Crippen LogP contribution in [-0.2, 0) is 16.3 Å². The Morgan fingerprint density at radius 2 is 1.45 bits per heavy atom. The highest BCUT2D eigenvalue weighted by Gasteiger charge is 2.43. The van der Waals surface area contributed by atoms with Crippen LogP contribution in [0.4, 0.5) is 0 Å². The van der Waals surface area contributed by atoms with Crippen molar-refractivity contribution in [1.29, 1.82) is 0 Å². The summed E-state index contributed by atoms with van der Waals surface area (Å²) in [4.78, 5) is 4.66. The van der Waals surface area contributed by atoms with E-state index in [1.54, 1.807) is 0 Å². The lowest BCUT2D eigenvalue weighted by Gasteiger charge is -2.28. The van der Waals surface area contributed by atoms with Crippen LogP contribution in [0.25, 0.3) is 0 Å². The van der Waals surface area contributed by atoms with E-state index < -0.39 is 17.4 Å². The lowest BCUT2D eigenvalue weighted by atomic mass is 10.2. The predicted octanol–water partition coefficient (Wildman–Crippen LogP) is 3.88. The average molecular weight is 428 g/mol. The lowest BCUT2D eigenvalue weighted by molar-refractivity contribution is 0.461. The van der Waals surface area contributed by atoms with Crippen molar-refractivity contribution in [2.24, 2.45) is 0 Å². The first-order chi connectivity index (χ1) is 13.9. The first-order valence-corrected chi connectivity index (χ1v) is 13.5. The van der Waals surface area contributed by atoms with Crippen LogP contribution in [0.2, 0.25) is 0 Å². The number of aryl methyl sites for hydroxylation is 1. The van der Waals surface area contributed by atoms with Gasteiger partial charge in [-0.3, -0.25) is 4.98 Å². The molecule has 0 amide bonds. The van der Waals surface area contributed by atoms with Gasteiger partial charge in [0.25, 0.3) is 0 Å². The van der Waals surface area contributed by atoms with Crippen LogP contribution in [0.15, 0.2) is 79.0 Å². The maximum atomic E-state index is 11.1. The Kier molecular flexibility index (Phi) is 7.18. The summed E-state index contributed by atoms with van der Waals surface area (Å²) in [5, 5.41) is 2.56. The third-order valence-corrected chi connectivity index (χ3v) is 10.5. The molecular formula is C23H26NO3PS. The Labute approximate surface area is 174 Å². The number of aromatic nitrogens is 1. The molecule has 29 heavy (non-hydrogen) atoms. The third-order valence-electron chi connectivity index (χ3n) is 5.22. The highest BCUT2D eigenvalue weighted by molar-refractivity contribution is 7.88. The fourth-order valence-corrected chi connectivity index (χ4v) is 8.68. The van der Waals surface area contributed by atoms with Gasteiger partial charge in [-0.15, -0.1) is 0 Å². The normalized spacial score (nSPS) is 12.1. The molecule has 0 spiro atoms. The molecular weight excluding hydrogens is 401 g/mol. The fourth-order valence-electron chi connectivity index (χ4n) is 3.70. The molecule has 3 aromatic rings. The molecule has 152 valence electrons. The summed E-state index contributed by atoms with van der Waals surface area (Å²) in [6.45, 7) is 2.08. The molecule has 2 aromatic carbocycles. The molecule has 3 rings (SSSR count). The third kappa shape index (κ3) is 5.72. The van der Waals surface area contributed by atoms with Crippen molar-refractivity contribution < 1.29 is 13.0 Å². The van der Waals surface area contributed by atoms with Crippen molar-refractivity contribution >= 4 is 28.0 Å². The Balaban J connectivity index is 2.05. The number of hydrogen-bond donors (Lipinski definition) is 0. The van der Waals surface area contributed by atoms with E-state index in [9.17, 15) is 13.0 Å². The van der Waals surface area contributed by atoms with E-state index in [0.29, 0.717) is 12.8 Å². The van der Waals surface area contributed by atoms with Gasteiger partial charge in [-0.05, 0) is 55.7 Å². The Morgan fingerprint density at radius 1 is 0.862 bits per heavy atom. The van der Waals surface area contributed by atoms with Gasteiger partial charge in [0, 0.05) is 11.9 Å². The van der Waals surface area contributed by atoms with E-state index in [1.807, 2.05) is 24.4 Å². The summed E-state index contributed by atoms with van der Waals surface area (Å²) in [6, 6.07) is 25.0. The summed E-state index contributed by atoms with van der Waals surface area (Å²) >= 11 is 0. The van der Waals surface area contributed by atoms with E-state index >= 15 is 0 Å². The summed E-state index contributed by atoms with van der Waals surface area (Å²) in [5.74, 6) is -0.306. The molecule has 0 radical (unpaired) electrons. The number of nitrogens with zero attached hydrogens (tertiary/aromatic N) is 1. The van der Waals surface area contributed by atoms with Crippen LogP contribution >= 0.6 is 7.26 Å². The van der Waals surface area contributed by atoms with Crippen molar-refractivity contribution in [2.45, 2.75) is 25.9 Å². The molecule has 1 heterocycles. The zero-order valence-corrected chi connectivity index (χ0v) is 18.3. The first-order valence-electron chi connectivity index (χ1n) is 9.73. The smallest absolute Gasteiger partial charge is 0.111 e. The largest absolute Gasteiger partial charge is 0.748 e. The topological polar surface area (TPSA) is 70.1 Å². The van der Waals surface area contributed by atoms with Gasteiger partial charge in [0.2, 0.25) is 0 Å². The van der Waals surface area contributed by atoms with Crippen molar-refractivity contribution in [2.75, 3.05) is 11.9 Å². The highest BCUT2D eigenvalue weighted by Crippen LogP contribution is 2.59. The predicted molar refractivity (Wildman–Crippen MR) is 120 cm³/mol. The molecule has 0 fully saturated rings. The van der Waals surface area contributed by atoms with E-state index in [0.717, 1.165) is 23.6 Å². The number of rotatable bonds is 9. The molecule has 1 aromatic heterocycles. The molecule has 0 unspecified atom stereocenters. The van der Waals surface area contributed by atoms with Gasteiger partial charge in [-0.2, -0.15) is 0 Å². The van der Waals surface area contributed by atoms with Crippen molar-refractivity contribution in [1.82, 2.24) is 4.98 Å². The van der Waals surface area contributed by atoms with Crippen LogP contribution < -0.4 is 10.6 Å². The van der Waals surface area contributed by atoms with Gasteiger partial charge in [-0.25, -0.2) is 8.42 Å². The van der Waals surface area contributed by atoms with Crippen LogP contribution in [0.1, 0.15) is 24.1 Å². The minimum Gasteiger partial charge on any atom is -0.748 e. The number of pyridine rings is 1. The zero-order chi connectivity index (χ0) is 20.7. The van der Waals surface area contributed by atoms with Gasteiger partial charge in [0.15, 0.2) is 0 Å². The second-order valence-corrected chi connectivity index (χ2v) is 12.5. The maximum absolute atomic E-state index is 11.1. The molecule has 0 aliphatic heterocycles. The Hall–Kier alpha value is -2.07. The van der Waals surface area contributed by atoms with Gasteiger partial charge < -0.3 is 4.55 Å². The number of hydrogen-bond acceptors (Lipinski definition) is 4. The molecule has 0 N–H and O–H groups in total. The molecule has 0 bridgehead atoms.